The molecule has 0 aliphatic carbocycles. The molecule has 2 amide bonds. The lowest BCUT2D eigenvalue weighted by Crippen LogP contribution is -2.53. The predicted molar refractivity (Wildman–Crippen MR) is 114 cm³/mol. The van der Waals surface area contributed by atoms with E-state index in [1.165, 1.54) is 0 Å². The van der Waals surface area contributed by atoms with Crippen LogP contribution in [0, 0.1) is 5.92 Å². The lowest BCUT2D eigenvalue weighted by molar-refractivity contribution is -0.124. The molecule has 2 aliphatic rings. The highest BCUT2D eigenvalue weighted by Crippen LogP contribution is 2.20. The van der Waals surface area contributed by atoms with Crippen LogP contribution in [0.2, 0.25) is 0 Å². The average Bonchev–Trinajstić information content (AvgIpc) is 2.63. The summed E-state index contributed by atoms with van der Waals surface area (Å²) in [6.07, 6.45) is 1.49. The zero-order valence-electron chi connectivity index (χ0n) is 16.1. The number of benzene rings is 1. The second kappa shape index (κ2) is 11.6. The molecule has 2 aliphatic heterocycles. The summed E-state index contributed by atoms with van der Waals surface area (Å²) < 4.78 is 5.54. The van der Waals surface area contributed by atoms with Crippen molar-refractivity contribution in [2.45, 2.75) is 38.5 Å². The number of amides is 2. The molecule has 4 N–H and O–H groups in total. The Morgan fingerprint density at radius 1 is 1.29 bits per heavy atom. The zero-order valence-corrected chi connectivity index (χ0v) is 17.7. The Balaban J connectivity index is 0.00000196. The van der Waals surface area contributed by atoms with E-state index in [2.05, 4.69) is 21.6 Å². The third-order valence-corrected chi connectivity index (χ3v) is 5.19. The van der Waals surface area contributed by atoms with Gasteiger partial charge in [0.25, 0.3) is 0 Å². The fraction of sp³-hybridized carbons (Fsp3) is 0.579. The highest BCUT2D eigenvalue weighted by Gasteiger charge is 2.28. The molecule has 1 aromatic carbocycles. The van der Waals surface area contributed by atoms with Gasteiger partial charge in [-0.2, -0.15) is 0 Å². The molecule has 158 valence electrons. The number of nitrogens with one attached hydrogen (secondary N) is 2. The van der Waals surface area contributed by atoms with Crippen LogP contribution in [0.25, 0.3) is 0 Å². The lowest BCUT2D eigenvalue weighted by atomic mass is 9.96. The summed E-state index contributed by atoms with van der Waals surface area (Å²) in [6.45, 7) is 5.76. The van der Waals surface area contributed by atoms with Gasteiger partial charge in [0.1, 0.15) is 6.04 Å². The second-order valence-corrected chi connectivity index (χ2v) is 7.15. The van der Waals surface area contributed by atoms with E-state index in [4.69, 9.17) is 10.5 Å². The number of likely N-dealkylation sites (tertiary alicyclic amines) is 1. The maximum absolute atomic E-state index is 12.5. The standard InChI is InChI=1S/C19H28N4O3.2ClH/c1-13-17(21-7-10-26-13)19(25)22-16-4-2-3-14(11-16)12-23-8-5-15(6-9-23)18(20)24;;/h2-4,11,13,15,17,21H,5-10,12H2,1H3,(H2,20,24)(H,22,25);2*1H/t13-,17+;;/m1../s1. The van der Waals surface area contributed by atoms with Gasteiger partial charge in [-0.05, 0) is 50.6 Å². The molecule has 1 aromatic rings. The van der Waals surface area contributed by atoms with Gasteiger partial charge in [0.15, 0.2) is 0 Å². The number of halogens is 2. The van der Waals surface area contributed by atoms with Gasteiger partial charge in [0.05, 0.1) is 12.7 Å². The first kappa shape index (κ1) is 24.7. The van der Waals surface area contributed by atoms with Gasteiger partial charge in [-0.3, -0.25) is 14.5 Å². The van der Waals surface area contributed by atoms with Gasteiger partial charge in [-0.15, -0.1) is 24.8 Å². The molecule has 0 unspecified atom stereocenters. The number of anilines is 1. The number of rotatable bonds is 5. The number of primary amides is 1. The molecule has 2 atom stereocenters. The first-order valence-corrected chi connectivity index (χ1v) is 9.29. The van der Waals surface area contributed by atoms with Gasteiger partial charge >= 0.3 is 0 Å². The van der Waals surface area contributed by atoms with Gasteiger partial charge in [0, 0.05) is 24.7 Å². The highest BCUT2D eigenvalue weighted by atomic mass is 35.5. The number of carbonyl (C=O) groups is 2. The van der Waals surface area contributed by atoms with Crippen molar-refractivity contribution in [1.82, 2.24) is 10.2 Å². The smallest absolute Gasteiger partial charge is 0.244 e. The number of hydrogen-bond donors (Lipinski definition) is 3. The van der Waals surface area contributed by atoms with Crippen molar-refractivity contribution in [3.63, 3.8) is 0 Å². The summed E-state index contributed by atoms with van der Waals surface area (Å²) in [6, 6.07) is 7.58. The first-order valence-electron chi connectivity index (χ1n) is 9.29. The quantitative estimate of drug-likeness (QED) is 0.655. The monoisotopic (exact) mass is 432 g/mol. The minimum atomic E-state index is -0.333. The lowest BCUT2D eigenvalue weighted by Gasteiger charge is -2.30. The van der Waals surface area contributed by atoms with Gasteiger partial charge in [-0.25, -0.2) is 0 Å². The Bertz CT molecular complexity index is 654. The molecule has 7 nitrogen and oxygen atoms in total. The maximum Gasteiger partial charge on any atom is 0.244 e. The van der Waals surface area contributed by atoms with E-state index in [1.807, 2.05) is 25.1 Å². The van der Waals surface area contributed by atoms with E-state index in [0.29, 0.717) is 13.2 Å². The van der Waals surface area contributed by atoms with Gasteiger partial charge in [-0.1, -0.05) is 12.1 Å². The average molecular weight is 433 g/mol. The summed E-state index contributed by atoms with van der Waals surface area (Å²) in [5.41, 5.74) is 7.32. The first-order chi connectivity index (χ1) is 12.5. The van der Waals surface area contributed by atoms with Gasteiger partial charge in [0.2, 0.25) is 11.8 Å². The van der Waals surface area contributed by atoms with Gasteiger partial charge < -0.3 is 21.1 Å². The SMILES string of the molecule is C[C@H]1OCCN[C@@H]1C(=O)Nc1cccc(CN2CCC(C(N)=O)CC2)c1.Cl.Cl. The third kappa shape index (κ3) is 6.60. The predicted octanol–water partition coefficient (Wildman–Crippen LogP) is 1.54. The van der Waals surface area contributed by atoms with E-state index in [9.17, 15) is 9.59 Å². The van der Waals surface area contributed by atoms with E-state index < -0.39 is 0 Å². The maximum atomic E-state index is 12.5. The van der Waals surface area contributed by atoms with E-state index >= 15 is 0 Å². The van der Waals surface area contributed by atoms with E-state index in [0.717, 1.165) is 43.7 Å². The number of morpholine rings is 1. The van der Waals surface area contributed by atoms with Crippen LogP contribution in [0.3, 0.4) is 0 Å². The molecule has 28 heavy (non-hydrogen) atoms. The Morgan fingerprint density at radius 2 is 2.00 bits per heavy atom. The highest BCUT2D eigenvalue weighted by molar-refractivity contribution is 5.95. The van der Waals surface area contributed by atoms with Crippen LogP contribution in [0.15, 0.2) is 24.3 Å². The van der Waals surface area contributed by atoms with Crippen molar-refractivity contribution in [3.8, 4) is 0 Å². The summed E-state index contributed by atoms with van der Waals surface area (Å²) in [4.78, 5) is 26.1. The number of carbonyl (C=O) groups excluding carboxylic acids is 2. The molecular formula is C19H30Cl2N4O3. The van der Waals surface area contributed by atoms with Crippen LogP contribution >= 0.6 is 24.8 Å². The minimum absolute atomic E-state index is 0. The minimum Gasteiger partial charge on any atom is -0.375 e. The molecule has 0 radical (unpaired) electrons. The van der Waals surface area contributed by atoms with Crippen molar-refractivity contribution < 1.29 is 14.3 Å². The number of nitrogens with zero attached hydrogens (tertiary/aromatic N) is 1. The second-order valence-electron chi connectivity index (χ2n) is 7.15. The van der Waals surface area contributed by atoms with E-state index in [-0.39, 0.29) is 54.7 Å². The molecule has 3 rings (SSSR count). The molecule has 2 fully saturated rings. The third-order valence-electron chi connectivity index (χ3n) is 5.19. The molecule has 2 heterocycles. The molecular weight excluding hydrogens is 403 g/mol. The Kier molecular flexibility index (Phi) is 10.2. The van der Waals surface area contributed by atoms with Crippen molar-refractivity contribution in [1.29, 1.82) is 0 Å². The Labute approximate surface area is 178 Å². The summed E-state index contributed by atoms with van der Waals surface area (Å²) in [5, 5.41) is 6.18. The van der Waals surface area contributed by atoms with Crippen molar-refractivity contribution in [2.75, 3.05) is 31.6 Å². The normalized spacial score (nSPS) is 23.2. The fourth-order valence-corrected chi connectivity index (χ4v) is 3.63. The van der Waals surface area contributed by atoms with E-state index in [1.54, 1.807) is 0 Å². The summed E-state index contributed by atoms with van der Waals surface area (Å²) in [7, 11) is 0. The number of ether oxygens (including phenoxy) is 1. The van der Waals surface area contributed by atoms with Crippen LogP contribution in [0.1, 0.15) is 25.3 Å². The topological polar surface area (TPSA) is 96.7 Å². The molecule has 0 spiro atoms. The van der Waals surface area contributed by atoms with Crippen molar-refractivity contribution in [2.24, 2.45) is 11.7 Å². The molecule has 0 aromatic heterocycles. The number of nitrogens with two attached hydrogens (primary N) is 1. The Hall–Kier alpha value is -1.38. The molecule has 9 heteroatoms. The fourth-order valence-electron chi connectivity index (χ4n) is 3.63. The molecule has 0 bridgehead atoms. The number of piperidine rings is 1. The molecule has 0 saturated carbocycles. The largest absolute Gasteiger partial charge is 0.375 e. The molecule has 2 saturated heterocycles. The summed E-state index contributed by atoms with van der Waals surface area (Å²) >= 11 is 0. The summed E-state index contributed by atoms with van der Waals surface area (Å²) in [5.74, 6) is -0.260. The van der Waals surface area contributed by atoms with Crippen LogP contribution in [-0.2, 0) is 20.9 Å². The van der Waals surface area contributed by atoms with Crippen molar-refractivity contribution in [3.05, 3.63) is 29.8 Å². The number of hydrogen-bond acceptors (Lipinski definition) is 5. The zero-order chi connectivity index (χ0) is 18.5. The van der Waals surface area contributed by atoms with Crippen molar-refractivity contribution >= 4 is 42.3 Å². The Morgan fingerprint density at radius 3 is 2.64 bits per heavy atom. The van der Waals surface area contributed by atoms with Crippen LogP contribution < -0.4 is 16.4 Å². The van der Waals surface area contributed by atoms with Crippen LogP contribution in [-0.4, -0.2) is 55.1 Å². The van der Waals surface area contributed by atoms with Crippen LogP contribution in [0.4, 0.5) is 5.69 Å². The van der Waals surface area contributed by atoms with Crippen LogP contribution in [0.5, 0.6) is 0 Å².